The SMILES string of the molecule is CC[C@@H](NC1=C(Nc2cccc(C(=O)N(C)C)c2O)C(=O)N(c2ccccc2)C1=O)c1ccc2c(c1)OCO2. The molecule has 39 heavy (non-hydrogen) atoms. The predicted molar refractivity (Wildman–Crippen MR) is 144 cm³/mol. The predicted octanol–water partition coefficient (Wildman–Crippen LogP) is 3.76. The van der Waals surface area contributed by atoms with Crippen LogP contribution in [0, 0.1) is 0 Å². The van der Waals surface area contributed by atoms with Crippen molar-refractivity contribution in [2.45, 2.75) is 19.4 Å². The van der Waals surface area contributed by atoms with Crippen molar-refractivity contribution in [1.29, 1.82) is 0 Å². The third-order valence-corrected chi connectivity index (χ3v) is 6.56. The molecule has 0 saturated carbocycles. The number of imide groups is 1. The minimum atomic E-state index is -0.599. The molecule has 0 saturated heterocycles. The van der Waals surface area contributed by atoms with Crippen LogP contribution in [-0.2, 0) is 9.59 Å². The van der Waals surface area contributed by atoms with Crippen molar-refractivity contribution in [3.8, 4) is 17.2 Å². The lowest BCUT2D eigenvalue weighted by Crippen LogP contribution is -2.34. The Labute approximate surface area is 225 Å². The number of phenolic OH excluding ortho intramolecular Hbond substituents is 1. The molecule has 10 nitrogen and oxygen atoms in total. The quantitative estimate of drug-likeness (QED) is 0.299. The standard InChI is InChI=1S/C29H28N4O6/c1-4-20(17-13-14-22-23(15-17)39-16-38-22)30-24-25(29(37)33(28(24)36)18-9-6-5-7-10-18)31-21-12-8-11-19(26(21)34)27(35)32(2)3/h5-15,20,30-31,34H,4,16H2,1-3H3/t20-/m1/s1. The smallest absolute Gasteiger partial charge is 0.284 e. The molecule has 0 aliphatic carbocycles. The summed E-state index contributed by atoms with van der Waals surface area (Å²) in [5, 5.41) is 17.1. The van der Waals surface area contributed by atoms with E-state index in [0.29, 0.717) is 23.6 Å². The van der Waals surface area contributed by atoms with E-state index in [4.69, 9.17) is 9.47 Å². The first kappa shape index (κ1) is 25.7. The first-order chi connectivity index (χ1) is 18.8. The maximum absolute atomic E-state index is 13.7. The second-order valence-electron chi connectivity index (χ2n) is 9.28. The molecule has 3 aromatic carbocycles. The number of para-hydroxylation sites is 2. The second kappa shape index (κ2) is 10.4. The average Bonchev–Trinajstić information content (AvgIpc) is 3.50. The summed E-state index contributed by atoms with van der Waals surface area (Å²) >= 11 is 0. The zero-order valence-corrected chi connectivity index (χ0v) is 21.7. The molecule has 0 radical (unpaired) electrons. The molecular weight excluding hydrogens is 500 g/mol. The van der Waals surface area contributed by atoms with Crippen LogP contribution in [0.1, 0.15) is 35.3 Å². The fraction of sp³-hybridized carbons (Fsp3) is 0.207. The highest BCUT2D eigenvalue weighted by molar-refractivity contribution is 6.33. The van der Waals surface area contributed by atoms with E-state index in [1.807, 2.05) is 19.1 Å². The molecule has 3 aromatic rings. The van der Waals surface area contributed by atoms with Crippen LogP contribution in [0.15, 0.2) is 78.1 Å². The van der Waals surface area contributed by atoms with E-state index in [-0.39, 0.29) is 41.2 Å². The van der Waals surface area contributed by atoms with Gasteiger partial charge in [-0.25, -0.2) is 4.90 Å². The summed E-state index contributed by atoms with van der Waals surface area (Å²) in [5.41, 5.74) is 1.41. The van der Waals surface area contributed by atoms with Crippen molar-refractivity contribution >= 4 is 29.1 Å². The van der Waals surface area contributed by atoms with E-state index in [2.05, 4.69) is 10.6 Å². The Morgan fingerprint density at radius 2 is 1.69 bits per heavy atom. The number of rotatable bonds is 8. The van der Waals surface area contributed by atoms with Crippen molar-refractivity contribution in [1.82, 2.24) is 10.2 Å². The molecule has 0 unspecified atom stereocenters. The van der Waals surface area contributed by atoms with Crippen LogP contribution < -0.4 is 25.0 Å². The monoisotopic (exact) mass is 528 g/mol. The number of carbonyl (C=O) groups excluding carboxylic acids is 3. The summed E-state index contributed by atoms with van der Waals surface area (Å²) in [4.78, 5) is 42.4. The first-order valence-electron chi connectivity index (χ1n) is 12.4. The molecule has 2 aliphatic rings. The molecule has 0 spiro atoms. The highest BCUT2D eigenvalue weighted by Crippen LogP contribution is 2.37. The number of aromatic hydroxyl groups is 1. The van der Waals surface area contributed by atoms with Gasteiger partial charge in [0.15, 0.2) is 17.2 Å². The number of carbonyl (C=O) groups is 3. The number of fused-ring (bicyclic) bond motifs is 1. The van der Waals surface area contributed by atoms with Crippen LogP contribution in [-0.4, -0.2) is 48.6 Å². The van der Waals surface area contributed by atoms with Gasteiger partial charge < -0.3 is 30.1 Å². The fourth-order valence-corrected chi connectivity index (χ4v) is 4.51. The van der Waals surface area contributed by atoms with Gasteiger partial charge in [0.1, 0.15) is 11.4 Å². The summed E-state index contributed by atoms with van der Waals surface area (Å²) in [6.07, 6.45) is 0.585. The third kappa shape index (κ3) is 4.72. The van der Waals surface area contributed by atoms with E-state index in [1.54, 1.807) is 56.6 Å². The molecule has 3 N–H and O–H groups in total. The van der Waals surface area contributed by atoms with Gasteiger partial charge in [0.2, 0.25) is 6.79 Å². The Balaban J connectivity index is 1.55. The largest absolute Gasteiger partial charge is 0.505 e. The molecule has 200 valence electrons. The van der Waals surface area contributed by atoms with Crippen molar-refractivity contribution in [3.05, 3.63) is 89.3 Å². The summed E-state index contributed by atoms with van der Waals surface area (Å²) in [5.74, 6) is -0.639. The van der Waals surface area contributed by atoms with Crippen LogP contribution in [0.25, 0.3) is 0 Å². The Morgan fingerprint density at radius 1 is 0.974 bits per heavy atom. The van der Waals surface area contributed by atoms with E-state index in [9.17, 15) is 19.5 Å². The zero-order chi connectivity index (χ0) is 27.7. The van der Waals surface area contributed by atoms with Crippen molar-refractivity contribution in [2.24, 2.45) is 0 Å². The number of nitrogens with zero attached hydrogens (tertiary/aromatic N) is 2. The van der Waals surface area contributed by atoms with Crippen LogP contribution in [0.3, 0.4) is 0 Å². The number of ether oxygens (including phenoxy) is 2. The van der Waals surface area contributed by atoms with Crippen molar-refractivity contribution < 1.29 is 29.0 Å². The lowest BCUT2D eigenvalue weighted by molar-refractivity contribution is -0.120. The molecule has 2 heterocycles. The normalized spacial score (nSPS) is 15.0. The second-order valence-corrected chi connectivity index (χ2v) is 9.28. The van der Waals surface area contributed by atoms with Crippen LogP contribution in [0.4, 0.5) is 11.4 Å². The number of anilines is 2. The minimum absolute atomic E-state index is 0.0390. The van der Waals surface area contributed by atoms with Gasteiger partial charge in [0.05, 0.1) is 23.0 Å². The summed E-state index contributed by atoms with van der Waals surface area (Å²) in [6, 6.07) is 18.4. The number of benzene rings is 3. The highest BCUT2D eigenvalue weighted by Gasteiger charge is 2.41. The number of hydrogen-bond acceptors (Lipinski definition) is 8. The molecule has 5 rings (SSSR count). The molecule has 3 amide bonds. The van der Waals surface area contributed by atoms with Gasteiger partial charge in [-0.05, 0) is 48.4 Å². The molecule has 2 aliphatic heterocycles. The van der Waals surface area contributed by atoms with Gasteiger partial charge in [-0.3, -0.25) is 14.4 Å². The Morgan fingerprint density at radius 3 is 2.41 bits per heavy atom. The van der Waals surface area contributed by atoms with Gasteiger partial charge >= 0.3 is 0 Å². The van der Waals surface area contributed by atoms with E-state index in [0.717, 1.165) is 10.5 Å². The lowest BCUT2D eigenvalue weighted by atomic mass is 10.0. The Kier molecular flexibility index (Phi) is 6.84. The fourth-order valence-electron chi connectivity index (χ4n) is 4.51. The summed E-state index contributed by atoms with van der Waals surface area (Å²) in [6.45, 7) is 2.09. The van der Waals surface area contributed by atoms with Gasteiger partial charge in [0, 0.05) is 14.1 Å². The maximum atomic E-state index is 13.7. The Hall–Kier alpha value is -4.99. The number of hydrogen-bond donors (Lipinski definition) is 3. The van der Waals surface area contributed by atoms with Crippen LogP contribution >= 0.6 is 0 Å². The topological polar surface area (TPSA) is 120 Å². The van der Waals surface area contributed by atoms with E-state index >= 15 is 0 Å². The minimum Gasteiger partial charge on any atom is -0.505 e. The Bertz CT molecular complexity index is 1480. The molecule has 10 heteroatoms. The molecular formula is C29H28N4O6. The summed E-state index contributed by atoms with van der Waals surface area (Å²) in [7, 11) is 3.15. The van der Waals surface area contributed by atoms with Gasteiger partial charge in [0.25, 0.3) is 17.7 Å². The van der Waals surface area contributed by atoms with Gasteiger partial charge in [-0.15, -0.1) is 0 Å². The van der Waals surface area contributed by atoms with Gasteiger partial charge in [-0.1, -0.05) is 37.3 Å². The van der Waals surface area contributed by atoms with Gasteiger partial charge in [-0.2, -0.15) is 0 Å². The molecule has 0 aromatic heterocycles. The maximum Gasteiger partial charge on any atom is 0.284 e. The van der Waals surface area contributed by atoms with E-state index < -0.39 is 17.7 Å². The number of nitrogens with one attached hydrogen (secondary N) is 2. The number of amides is 3. The van der Waals surface area contributed by atoms with Crippen molar-refractivity contribution in [3.63, 3.8) is 0 Å². The average molecular weight is 529 g/mol. The molecule has 0 bridgehead atoms. The van der Waals surface area contributed by atoms with Crippen LogP contribution in [0.5, 0.6) is 17.2 Å². The first-order valence-corrected chi connectivity index (χ1v) is 12.4. The number of phenols is 1. The lowest BCUT2D eigenvalue weighted by Gasteiger charge is -2.21. The summed E-state index contributed by atoms with van der Waals surface area (Å²) < 4.78 is 10.9. The highest BCUT2D eigenvalue weighted by atomic mass is 16.7. The molecule has 0 fully saturated rings. The van der Waals surface area contributed by atoms with Crippen molar-refractivity contribution in [2.75, 3.05) is 31.1 Å². The zero-order valence-electron chi connectivity index (χ0n) is 21.7. The third-order valence-electron chi connectivity index (χ3n) is 6.56. The van der Waals surface area contributed by atoms with E-state index in [1.165, 1.54) is 17.0 Å². The molecule has 1 atom stereocenters. The van der Waals surface area contributed by atoms with Crippen LogP contribution in [0.2, 0.25) is 0 Å².